The lowest BCUT2D eigenvalue weighted by atomic mass is 9.44. The van der Waals surface area contributed by atoms with Crippen molar-refractivity contribution in [3.8, 4) is 5.75 Å². The summed E-state index contributed by atoms with van der Waals surface area (Å²) in [7, 11) is 1.54. The van der Waals surface area contributed by atoms with Crippen LogP contribution in [0.1, 0.15) is 134 Å². The molecule has 14 unspecified atom stereocenters. The first-order chi connectivity index (χ1) is 30.2. The van der Waals surface area contributed by atoms with Crippen LogP contribution in [0.5, 0.6) is 5.75 Å². The average molecular weight is 916 g/mol. The Morgan fingerprint density at radius 2 is 1.50 bits per heavy atom. The molecule has 0 amide bonds. The number of aliphatic hydroxyl groups excluding tert-OH is 3. The summed E-state index contributed by atoms with van der Waals surface area (Å²) in [6, 6.07) is 6.23. The van der Waals surface area contributed by atoms with Gasteiger partial charge in [-0.05, 0) is 148 Å². The standard InChI is InChI=1S/C38H64F3NO7.C8H8O3.C2H4O2/c1-23(20-42-22-38(39,40)41)6-4-5-7-29-32(48-35-19-33(31(45)21-47-35)49-34-17-26(44)12-15-46-34)18-30-27-9-8-24-16-25(43)10-13-36(24,2)28(27)11-14-37(29,30)3;1-11-7-4-2-6(3-5-7)8(9)10;1-2(3)4/h23-35,42-45H,4-22H2,1-3H3;2-5H,1H3,(H,9,10);1H3,(H,3,4)/t23?,24?,25?,26?,27?,28?,29-,30?,31?,32?,33?,34?,35?,36?,37?;;/m0../s1. The van der Waals surface area contributed by atoms with E-state index in [1.54, 1.807) is 12.1 Å². The zero-order valence-corrected chi connectivity index (χ0v) is 38.5. The van der Waals surface area contributed by atoms with E-state index < -0.39 is 55.6 Å². The first-order valence-corrected chi connectivity index (χ1v) is 23.6. The van der Waals surface area contributed by atoms with Crippen molar-refractivity contribution in [3.63, 3.8) is 0 Å². The summed E-state index contributed by atoms with van der Waals surface area (Å²) in [5.74, 6) is 1.90. The van der Waals surface area contributed by atoms with E-state index in [1.807, 2.05) is 6.92 Å². The number of alkyl halides is 3. The molecule has 2 heterocycles. The Balaban J connectivity index is 0.000000437. The monoisotopic (exact) mass is 916 g/mol. The van der Waals surface area contributed by atoms with Gasteiger partial charge in [-0.2, -0.15) is 13.2 Å². The third-order valence-corrected chi connectivity index (χ3v) is 15.7. The van der Waals surface area contributed by atoms with E-state index in [-0.39, 0.29) is 41.1 Å². The molecule has 0 radical (unpaired) electrons. The van der Waals surface area contributed by atoms with Gasteiger partial charge in [0.2, 0.25) is 0 Å². The Bertz CT molecular complexity index is 1600. The fraction of sp³-hybridized carbons (Fsp3) is 0.833. The highest BCUT2D eigenvalue weighted by Gasteiger charge is 2.62. The first-order valence-electron chi connectivity index (χ1n) is 23.6. The van der Waals surface area contributed by atoms with E-state index in [0.717, 1.165) is 58.3 Å². The Morgan fingerprint density at radius 1 is 0.844 bits per heavy atom. The van der Waals surface area contributed by atoms with E-state index in [4.69, 9.17) is 38.7 Å². The number of fused-ring (bicyclic) bond motifs is 5. The Labute approximate surface area is 377 Å². The number of carboxylic acids is 2. The fourth-order valence-corrected chi connectivity index (χ4v) is 12.3. The van der Waals surface area contributed by atoms with E-state index in [2.05, 4.69) is 19.2 Å². The minimum absolute atomic E-state index is 0.0204. The number of ether oxygens (including phenoxy) is 5. The topological polar surface area (TPSA) is 193 Å². The molecule has 1 aromatic carbocycles. The largest absolute Gasteiger partial charge is 0.497 e. The fourth-order valence-electron chi connectivity index (χ4n) is 12.3. The SMILES string of the molecule is CC(=O)O.CC(CCCC[C@H]1C(OC2CC(OC3CC(O)CCO3)C(O)CO2)CC2C3CCC4CC(O)CCC4(C)C3CCC21C)CNCC(F)(F)F.COc1ccc(C(=O)O)cc1. The summed E-state index contributed by atoms with van der Waals surface area (Å²) in [4.78, 5) is 19.4. The molecule has 0 bridgehead atoms. The maximum absolute atomic E-state index is 12.6. The smallest absolute Gasteiger partial charge is 0.401 e. The van der Waals surface area contributed by atoms with Gasteiger partial charge in [0.15, 0.2) is 12.6 Å². The van der Waals surface area contributed by atoms with Gasteiger partial charge in [0.05, 0.1) is 56.8 Å². The Hall–Kier alpha value is -2.57. The molecule has 6 aliphatic rings. The van der Waals surface area contributed by atoms with E-state index in [9.17, 15) is 33.3 Å². The van der Waals surface area contributed by atoms with Crippen LogP contribution >= 0.6 is 0 Å². The summed E-state index contributed by atoms with van der Waals surface area (Å²) in [6.45, 7) is 8.12. The Kier molecular flexibility index (Phi) is 19.2. The second-order valence-corrected chi connectivity index (χ2v) is 20.1. The number of aliphatic carboxylic acids is 1. The number of hydrogen-bond acceptors (Lipinski definition) is 11. The molecule has 366 valence electrons. The van der Waals surface area contributed by atoms with Crippen LogP contribution in [-0.4, -0.2) is 120 Å². The molecule has 16 heteroatoms. The van der Waals surface area contributed by atoms with Gasteiger partial charge in [0, 0.05) is 19.8 Å². The van der Waals surface area contributed by atoms with Crippen molar-refractivity contribution in [2.45, 2.75) is 173 Å². The number of benzene rings is 1. The molecular formula is C48H76F3NO12. The van der Waals surface area contributed by atoms with E-state index in [0.29, 0.717) is 67.8 Å². The molecule has 4 saturated carbocycles. The maximum atomic E-state index is 12.6. The third kappa shape index (κ3) is 14.2. The van der Waals surface area contributed by atoms with Gasteiger partial charge >= 0.3 is 12.1 Å². The highest BCUT2D eigenvalue weighted by molar-refractivity contribution is 5.87. The molecule has 1 aromatic rings. The Morgan fingerprint density at radius 3 is 2.16 bits per heavy atom. The number of unbranched alkanes of at least 4 members (excludes halogenated alkanes) is 1. The minimum atomic E-state index is -4.18. The van der Waals surface area contributed by atoms with Gasteiger partial charge in [-0.1, -0.05) is 33.6 Å². The summed E-state index contributed by atoms with van der Waals surface area (Å²) < 4.78 is 67.6. The van der Waals surface area contributed by atoms with Gasteiger partial charge in [-0.3, -0.25) is 4.79 Å². The molecule has 15 atom stereocenters. The molecule has 0 aromatic heterocycles. The third-order valence-electron chi connectivity index (χ3n) is 15.7. The minimum Gasteiger partial charge on any atom is -0.497 e. The van der Waals surface area contributed by atoms with Crippen LogP contribution in [0, 0.1) is 46.3 Å². The van der Waals surface area contributed by atoms with Gasteiger partial charge in [-0.15, -0.1) is 0 Å². The van der Waals surface area contributed by atoms with Gasteiger partial charge in [-0.25, -0.2) is 4.79 Å². The molecular weight excluding hydrogens is 840 g/mol. The normalized spacial score (nSPS) is 37.5. The number of halogens is 3. The quantitative estimate of drug-likeness (QED) is 0.0991. The molecule has 6 fully saturated rings. The van der Waals surface area contributed by atoms with Crippen LogP contribution in [0.25, 0.3) is 0 Å². The van der Waals surface area contributed by atoms with Gasteiger partial charge < -0.3 is 54.5 Å². The number of methoxy groups -OCH3 is 1. The number of hydrogen-bond donors (Lipinski definition) is 6. The van der Waals surface area contributed by atoms with Crippen LogP contribution in [0.4, 0.5) is 13.2 Å². The second kappa shape index (κ2) is 23.4. The van der Waals surface area contributed by atoms with Crippen molar-refractivity contribution in [2.24, 2.45) is 46.3 Å². The lowest BCUT2D eigenvalue weighted by molar-refractivity contribution is -0.281. The van der Waals surface area contributed by atoms with Crippen LogP contribution < -0.4 is 10.1 Å². The average Bonchev–Trinajstić information content (AvgIpc) is 3.51. The van der Waals surface area contributed by atoms with Crippen molar-refractivity contribution in [3.05, 3.63) is 29.8 Å². The highest BCUT2D eigenvalue weighted by Crippen LogP contribution is 2.68. The van der Waals surface area contributed by atoms with Crippen molar-refractivity contribution < 1.29 is 72.0 Å². The molecule has 7 rings (SSSR count). The summed E-state index contributed by atoms with van der Waals surface area (Å²) in [6.07, 6.45) is 6.91. The van der Waals surface area contributed by atoms with Gasteiger partial charge in [0.25, 0.3) is 5.97 Å². The van der Waals surface area contributed by atoms with Gasteiger partial charge in [0.1, 0.15) is 11.9 Å². The number of carbonyl (C=O) groups is 2. The molecule has 2 aliphatic heterocycles. The number of carboxylic acid groups (broad SMARTS) is 2. The van der Waals surface area contributed by atoms with Crippen molar-refractivity contribution in [2.75, 3.05) is 33.4 Å². The number of nitrogens with one attached hydrogen (secondary N) is 1. The molecule has 2 saturated heterocycles. The first kappa shape index (κ1) is 52.4. The summed E-state index contributed by atoms with van der Waals surface area (Å²) in [5.41, 5.74) is 0.695. The van der Waals surface area contributed by atoms with Crippen molar-refractivity contribution in [1.82, 2.24) is 5.32 Å². The molecule has 0 spiro atoms. The molecule has 4 aliphatic carbocycles. The highest BCUT2D eigenvalue weighted by atomic mass is 19.4. The lowest BCUT2D eigenvalue weighted by Crippen LogP contribution is -2.54. The predicted octanol–water partition coefficient (Wildman–Crippen LogP) is 7.82. The van der Waals surface area contributed by atoms with Crippen LogP contribution in [-0.2, 0) is 23.7 Å². The van der Waals surface area contributed by atoms with E-state index in [1.165, 1.54) is 44.9 Å². The maximum Gasteiger partial charge on any atom is 0.401 e. The van der Waals surface area contributed by atoms with Crippen LogP contribution in [0.2, 0.25) is 0 Å². The summed E-state index contributed by atoms with van der Waals surface area (Å²) in [5, 5.41) is 49.9. The zero-order chi connectivity index (χ0) is 46.8. The number of aromatic carboxylic acids is 1. The number of aliphatic hydroxyl groups is 3. The molecule has 64 heavy (non-hydrogen) atoms. The van der Waals surface area contributed by atoms with Crippen LogP contribution in [0.3, 0.4) is 0 Å². The van der Waals surface area contributed by atoms with Crippen molar-refractivity contribution in [1.29, 1.82) is 0 Å². The second-order valence-electron chi connectivity index (χ2n) is 20.1. The predicted molar refractivity (Wildman–Crippen MR) is 232 cm³/mol. The molecule has 6 N–H and O–H groups in total. The molecule has 13 nitrogen and oxygen atoms in total. The van der Waals surface area contributed by atoms with Crippen LogP contribution in [0.15, 0.2) is 24.3 Å². The number of rotatable bonds is 14. The summed E-state index contributed by atoms with van der Waals surface area (Å²) >= 11 is 0. The lowest BCUT2D eigenvalue weighted by Gasteiger charge is -2.61. The zero-order valence-electron chi connectivity index (χ0n) is 38.5. The van der Waals surface area contributed by atoms with E-state index >= 15 is 0 Å². The van der Waals surface area contributed by atoms with Crippen molar-refractivity contribution >= 4 is 11.9 Å².